The zero-order valence-corrected chi connectivity index (χ0v) is 11.8. The Morgan fingerprint density at radius 2 is 1.76 bits per heavy atom. The van der Waals surface area contributed by atoms with E-state index in [4.69, 9.17) is 9.47 Å². The number of H-pyrrole nitrogens is 1. The van der Waals surface area contributed by atoms with E-state index in [0.717, 1.165) is 28.4 Å². The number of hydrogen-bond acceptors (Lipinski definition) is 3. The van der Waals surface area contributed by atoms with E-state index in [0.29, 0.717) is 17.1 Å². The molecule has 0 fully saturated rings. The molecule has 0 saturated heterocycles. The summed E-state index contributed by atoms with van der Waals surface area (Å²) in [7, 11) is 3.19. The molecule has 1 heterocycles. The molecule has 0 bridgehead atoms. The van der Waals surface area contributed by atoms with Crippen LogP contribution in [0.25, 0.3) is 22.2 Å². The fourth-order valence-electron chi connectivity index (χ4n) is 2.51. The number of aldehydes is 1. The SMILES string of the molecule is COc1ccc(-c2[nH]c3ccccc3c2C=O)cc1OC. The zero-order valence-electron chi connectivity index (χ0n) is 11.8. The van der Waals surface area contributed by atoms with Gasteiger partial charge in [0.2, 0.25) is 0 Å². The molecule has 0 amide bonds. The van der Waals surface area contributed by atoms with Crippen molar-refractivity contribution in [2.45, 2.75) is 0 Å². The maximum atomic E-state index is 11.5. The standard InChI is InChI=1S/C17H15NO3/c1-20-15-8-7-11(9-16(15)21-2)17-13(10-19)12-5-3-4-6-14(12)18-17/h3-10,18H,1-2H3. The van der Waals surface area contributed by atoms with Gasteiger partial charge in [-0.1, -0.05) is 18.2 Å². The summed E-state index contributed by atoms with van der Waals surface area (Å²) in [5.74, 6) is 1.29. The Morgan fingerprint density at radius 1 is 1.00 bits per heavy atom. The molecule has 1 aromatic heterocycles. The second kappa shape index (κ2) is 5.32. The van der Waals surface area contributed by atoms with Gasteiger partial charge in [0.15, 0.2) is 17.8 Å². The van der Waals surface area contributed by atoms with Crippen LogP contribution in [-0.4, -0.2) is 25.5 Å². The number of benzene rings is 2. The lowest BCUT2D eigenvalue weighted by atomic mass is 10.1. The molecule has 4 heteroatoms. The summed E-state index contributed by atoms with van der Waals surface area (Å²) in [6.07, 6.45) is 0.880. The van der Waals surface area contributed by atoms with Gasteiger partial charge >= 0.3 is 0 Å². The van der Waals surface area contributed by atoms with Gasteiger partial charge < -0.3 is 14.5 Å². The molecule has 21 heavy (non-hydrogen) atoms. The topological polar surface area (TPSA) is 51.3 Å². The smallest absolute Gasteiger partial charge is 0.161 e. The number of methoxy groups -OCH3 is 2. The van der Waals surface area contributed by atoms with Gasteiger partial charge in [-0.3, -0.25) is 4.79 Å². The van der Waals surface area contributed by atoms with E-state index in [1.54, 1.807) is 14.2 Å². The number of carbonyl (C=O) groups is 1. The quantitative estimate of drug-likeness (QED) is 0.742. The lowest BCUT2D eigenvalue weighted by Crippen LogP contribution is -1.92. The highest BCUT2D eigenvalue weighted by Gasteiger charge is 2.14. The van der Waals surface area contributed by atoms with Crippen LogP contribution in [0.5, 0.6) is 11.5 Å². The summed E-state index contributed by atoms with van der Waals surface area (Å²) < 4.78 is 10.6. The lowest BCUT2D eigenvalue weighted by Gasteiger charge is -2.09. The van der Waals surface area contributed by atoms with Crippen LogP contribution in [0.1, 0.15) is 10.4 Å². The molecule has 0 saturated carbocycles. The van der Waals surface area contributed by atoms with Crippen LogP contribution in [0.15, 0.2) is 42.5 Å². The average Bonchev–Trinajstić information content (AvgIpc) is 2.92. The summed E-state index contributed by atoms with van der Waals surface area (Å²) in [5, 5.41) is 0.914. The third kappa shape index (κ3) is 2.14. The van der Waals surface area contributed by atoms with Crippen LogP contribution in [0, 0.1) is 0 Å². The monoisotopic (exact) mass is 281 g/mol. The van der Waals surface area contributed by atoms with Gasteiger partial charge in [0.25, 0.3) is 0 Å². The van der Waals surface area contributed by atoms with Crippen molar-refractivity contribution in [3.8, 4) is 22.8 Å². The molecule has 0 unspecified atom stereocenters. The Hall–Kier alpha value is -2.75. The van der Waals surface area contributed by atoms with Crippen molar-refractivity contribution in [3.05, 3.63) is 48.0 Å². The lowest BCUT2D eigenvalue weighted by molar-refractivity contribution is 0.112. The van der Waals surface area contributed by atoms with Gasteiger partial charge in [0, 0.05) is 22.0 Å². The zero-order chi connectivity index (χ0) is 14.8. The minimum absolute atomic E-state index is 0.630. The fourth-order valence-corrected chi connectivity index (χ4v) is 2.51. The Bertz CT molecular complexity index is 805. The summed E-state index contributed by atoms with van der Waals surface area (Å²) in [6.45, 7) is 0. The van der Waals surface area contributed by atoms with Crippen LogP contribution in [-0.2, 0) is 0 Å². The third-order valence-corrected chi connectivity index (χ3v) is 3.54. The third-order valence-electron chi connectivity index (χ3n) is 3.54. The maximum Gasteiger partial charge on any atom is 0.161 e. The highest BCUT2D eigenvalue weighted by Crippen LogP contribution is 2.35. The number of carbonyl (C=O) groups excluding carboxylic acids is 1. The Balaban J connectivity index is 2.22. The van der Waals surface area contributed by atoms with Crippen LogP contribution in [0.4, 0.5) is 0 Å². The fraction of sp³-hybridized carbons (Fsp3) is 0.118. The maximum absolute atomic E-state index is 11.5. The number of fused-ring (bicyclic) bond motifs is 1. The number of para-hydroxylation sites is 1. The molecule has 0 atom stereocenters. The van der Waals surface area contributed by atoms with E-state index >= 15 is 0 Å². The van der Waals surface area contributed by atoms with Gasteiger partial charge in [-0.2, -0.15) is 0 Å². The van der Waals surface area contributed by atoms with E-state index in [1.807, 2.05) is 42.5 Å². The number of ether oxygens (including phenoxy) is 2. The number of nitrogens with one attached hydrogen (secondary N) is 1. The molecule has 0 spiro atoms. The summed E-state index contributed by atoms with van der Waals surface area (Å²) in [4.78, 5) is 14.8. The molecule has 0 radical (unpaired) electrons. The van der Waals surface area contributed by atoms with Crippen LogP contribution < -0.4 is 9.47 Å². The molecule has 106 valence electrons. The number of aromatic amines is 1. The normalized spacial score (nSPS) is 10.6. The molecule has 0 aliphatic carbocycles. The molecule has 2 aromatic carbocycles. The van der Waals surface area contributed by atoms with Crippen molar-refractivity contribution in [3.63, 3.8) is 0 Å². The van der Waals surface area contributed by atoms with Crippen molar-refractivity contribution < 1.29 is 14.3 Å². The van der Waals surface area contributed by atoms with Gasteiger partial charge in [-0.05, 0) is 24.3 Å². The first-order valence-corrected chi connectivity index (χ1v) is 6.56. The van der Waals surface area contributed by atoms with E-state index in [9.17, 15) is 4.79 Å². The molecular formula is C17H15NO3. The highest BCUT2D eigenvalue weighted by atomic mass is 16.5. The number of rotatable bonds is 4. The van der Waals surface area contributed by atoms with Crippen LogP contribution in [0.2, 0.25) is 0 Å². The van der Waals surface area contributed by atoms with E-state index in [1.165, 1.54) is 0 Å². The van der Waals surface area contributed by atoms with Crippen molar-refractivity contribution in [1.29, 1.82) is 0 Å². The highest BCUT2D eigenvalue weighted by molar-refractivity contribution is 6.04. The van der Waals surface area contributed by atoms with Crippen molar-refractivity contribution in [2.75, 3.05) is 14.2 Å². The molecule has 0 aliphatic heterocycles. The molecule has 3 rings (SSSR count). The van der Waals surface area contributed by atoms with Gasteiger partial charge in [-0.15, -0.1) is 0 Å². The average molecular weight is 281 g/mol. The van der Waals surface area contributed by atoms with Crippen LogP contribution in [0.3, 0.4) is 0 Å². The van der Waals surface area contributed by atoms with Crippen molar-refractivity contribution in [2.24, 2.45) is 0 Å². The predicted octanol–water partition coefficient (Wildman–Crippen LogP) is 3.66. The Kier molecular flexibility index (Phi) is 3.36. The molecular weight excluding hydrogens is 266 g/mol. The minimum atomic E-state index is 0.630. The number of aromatic nitrogens is 1. The second-order valence-electron chi connectivity index (χ2n) is 4.65. The Labute approximate surface area is 122 Å². The summed E-state index contributed by atoms with van der Waals surface area (Å²) in [6, 6.07) is 13.3. The Morgan fingerprint density at radius 3 is 2.48 bits per heavy atom. The van der Waals surface area contributed by atoms with Gasteiger partial charge in [0.1, 0.15) is 0 Å². The first kappa shape index (κ1) is 13.2. The van der Waals surface area contributed by atoms with E-state index in [-0.39, 0.29) is 0 Å². The molecule has 0 aliphatic rings. The molecule has 1 N–H and O–H groups in total. The minimum Gasteiger partial charge on any atom is -0.493 e. The number of hydrogen-bond donors (Lipinski definition) is 1. The molecule has 4 nitrogen and oxygen atoms in total. The first-order chi connectivity index (χ1) is 10.3. The first-order valence-electron chi connectivity index (χ1n) is 6.56. The van der Waals surface area contributed by atoms with Crippen LogP contribution >= 0.6 is 0 Å². The van der Waals surface area contributed by atoms with E-state index < -0.39 is 0 Å². The predicted molar refractivity (Wildman–Crippen MR) is 82.2 cm³/mol. The summed E-state index contributed by atoms with van der Waals surface area (Å²) in [5.41, 5.74) is 3.25. The molecule has 3 aromatic rings. The summed E-state index contributed by atoms with van der Waals surface area (Å²) >= 11 is 0. The van der Waals surface area contributed by atoms with Crippen molar-refractivity contribution in [1.82, 2.24) is 4.98 Å². The van der Waals surface area contributed by atoms with Gasteiger partial charge in [-0.25, -0.2) is 0 Å². The largest absolute Gasteiger partial charge is 0.493 e. The van der Waals surface area contributed by atoms with E-state index in [2.05, 4.69) is 4.98 Å². The van der Waals surface area contributed by atoms with Crippen molar-refractivity contribution >= 4 is 17.2 Å². The van der Waals surface area contributed by atoms with Gasteiger partial charge in [0.05, 0.1) is 19.9 Å². The second-order valence-corrected chi connectivity index (χ2v) is 4.65.